The second kappa shape index (κ2) is 5.92. The Morgan fingerprint density at radius 1 is 1.38 bits per heavy atom. The molecule has 1 aromatic carbocycles. The van der Waals surface area contributed by atoms with E-state index >= 15 is 0 Å². The SMILES string of the molecule is COc1cc(C)c(Br)cc1C(Cl)CC(C)C. The van der Waals surface area contributed by atoms with E-state index in [4.69, 9.17) is 16.3 Å². The number of alkyl halides is 1. The van der Waals surface area contributed by atoms with Crippen LogP contribution < -0.4 is 4.74 Å². The molecule has 0 bridgehead atoms. The van der Waals surface area contributed by atoms with Crippen molar-refractivity contribution in [1.29, 1.82) is 0 Å². The molecule has 0 N–H and O–H groups in total. The monoisotopic (exact) mass is 304 g/mol. The highest BCUT2D eigenvalue weighted by Gasteiger charge is 2.16. The van der Waals surface area contributed by atoms with Crippen LogP contribution in [0.3, 0.4) is 0 Å². The van der Waals surface area contributed by atoms with E-state index in [0.717, 1.165) is 27.8 Å². The van der Waals surface area contributed by atoms with E-state index in [9.17, 15) is 0 Å². The third-order valence-electron chi connectivity index (χ3n) is 2.53. The van der Waals surface area contributed by atoms with Gasteiger partial charge in [-0.1, -0.05) is 29.8 Å². The van der Waals surface area contributed by atoms with Gasteiger partial charge in [-0.2, -0.15) is 0 Å². The first kappa shape index (κ1) is 13.9. The molecule has 3 heteroatoms. The summed E-state index contributed by atoms with van der Waals surface area (Å²) in [5.74, 6) is 1.45. The molecule has 0 saturated carbocycles. The van der Waals surface area contributed by atoms with Crippen molar-refractivity contribution in [2.75, 3.05) is 7.11 Å². The summed E-state index contributed by atoms with van der Waals surface area (Å²) in [7, 11) is 1.69. The number of hydrogen-bond donors (Lipinski definition) is 0. The summed E-state index contributed by atoms with van der Waals surface area (Å²) in [5.41, 5.74) is 2.23. The van der Waals surface area contributed by atoms with Crippen LogP contribution in [0.2, 0.25) is 0 Å². The van der Waals surface area contributed by atoms with Crippen LogP contribution in [0.1, 0.15) is 36.8 Å². The van der Waals surface area contributed by atoms with E-state index < -0.39 is 0 Å². The maximum atomic E-state index is 6.41. The maximum Gasteiger partial charge on any atom is 0.123 e. The number of rotatable bonds is 4. The zero-order valence-corrected chi connectivity index (χ0v) is 12.5. The molecule has 0 spiro atoms. The van der Waals surface area contributed by atoms with Gasteiger partial charge in [0.1, 0.15) is 5.75 Å². The molecule has 0 heterocycles. The lowest BCUT2D eigenvalue weighted by Crippen LogP contribution is -2.00. The predicted molar refractivity (Wildman–Crippen MR) is 73.5 cm³/mol. The fraction of sp³-hybridized carbons (Fsp3) is 0.538. The van der Waals surface area contributed by atoms with Crippen molar-refractivity contribution in [2.24, 2.45) is 5.92 Å². The van der Waals surface area contributed by atoms with Crippen molar-refractivity contribution < 1.29 is 4.74 Å². The largest absolute Gasteiger partial charge is 0.496 e. The fourth-order valence-corrected chi connectivity index (χ4v) is 2.52. The van der Waals surface area contributed by atoms with Crippen LogP contribution >= 0.6 is 27.5 Å². The lowest BCUT2D eigenvalue weighted by atomic mass is 10.0. The van der Waals surface area contributed by atoms with Crippen LogP contribution in [0, 0.1) is 12.8 Å². The third kappa shape index (κ3) is 3.39. The van der Waals surface area contributed by atoms with Crippen LogP contribution in [-0.2, 0) is 0 Å². The van der Waals surface area contributed by atoms with Gasteiger partial charge in [0.25, 0.3) is 0 Å². The highest BCUT2D eigenvalue weighted by molar-refractivity contribution is 9.10. The van der Waals surface area contributed by atoms with Crippen molar-refractivity contribution in [3.63, 3.8) is 0 Å². The summed E-state index contributed by atoms with van der Waals surface area (Å²) >= 11 is 9.94. The molecule has 90 valence electrons. The molecular weight excluding hydrogens is 287 g/mol. The molecule has 1 rings (SSSR count). The molecule has 0 aliphatic heterocycles. The first-order chi connectivity index (χ1) is 7.45. The highest BCUT2D eigenvalue weighted by atomic mass is 79.9. The minimum Gasteiger partial charge on any atom is -0.496 e. The van der Waals surface area contributed by atoms with Crippen molar-refractivity contribution in [3.05, 3.63) is 27.7 Å². The van der Waals surface area contributed by atoms with Gasteiger partial charge in [-0.15, -0.1) is 11.6 Å². The standard InChI is InChI=1S/C13H18BrClO/c1-8(2)5-12(15)10-7-11(14)9(3)6-13(10)16-4/h6-8,12H,5H2,1-4H3. The van der Waals surface area contributed by atoms with E-state index in [2.05, 4.69) is 35.8 Å². The lowest BCUT2D eigenvalue weighted by Gasteiger charge is -2.17. The molecule has 0 fully saturated rings. The molecular formula is C13H18BrClO. The van der Waals surface area contributed by atoms with Crippen molar-refractivity contribution in [1.82, 2.24) is 0 Å². The van der Waals surface area contributed by atoms with Crippen LogP contribution in [0.4, 0.5) is 0 Å². The van der Waals surface area contributed by atoms with E-state index in [1.807, 2.05) is 13.0 Å². The molecule has 0 amide bonds. The van der Waals surface area contributed by atoms with Gasteiger partial charge >= 0.3 is 0 Å². The Kier molecular flexibility index (Phi) is 5.13. The molecule has 0 radical (unpaired) electrons. The summed E-state index contributed by atoms with van der Waals surface area (Å²) in [4.78, 5) is 0. The van der Waals surface area contributed by atoms with E-state index in [0.29, 0.717) is 5.92 Å². The molecule has 1 nitrogen and oxygen atoms in total. The summed E-state index contributed by atoms with van der Waals surface area (Å²) in [6.07, 6.45) is 0.952. The number of benzene rings is 1. The van der Waals surface area contributed by atoms with Gasteiger partial charge in [0.15, 0.2) is 0 Å². The lowest BCUT2D eigenvalue weighted by molar-refractivity contribution is 0.406. The molecule has 1 atom stereocenters. The Morgan fingerprint density at radius 2 is 2.00 bits per heavy atom. The molecule has 0 saturated heterocycles. The highest BCUT2D eigenvalue weighted by Crippen LogP contribution is 2.37. The van der Waals surface area contributed by atoms with Crippen LogP contribution in [0.15, 0.2) is 16.6 Å². The summed E-state index contributed by atoms with van der Waals surface area (Å²) in [5, 5.41) is 0.00634. The normalized spacial score (nSPS) is 12.9. The second-order valence-electron chi connectivity index (χ2n) is 4.44. The Bertz CT molecular complexity index is 363. The average Bonchev–Trinajstić information content (AvgIpc) is 2.20. The van der Waals surface area contributed by atoms with Crippen LogP contribution in [0.5, 0.6) is 5.75 Å². The second-order valence-corrected chi connectivity index (χ2v) is 5.82. The van der Waals surface area contributed by atoms with Crippen molar-refractivity contribution in [3.8, 4) is 5.75 Å². The Balaban J connectivity index is 3.06. The van der Waals surface area contributed by atoms with Gasteiger partial charge in [0, 0.05) is 10.0 Å². The topological polar surface area (TPSA) is 9.23 Å². The van der Waals surface area contributed by atoms with Gasteiger partial charge in [-0.05, 0) is 37.0 Å². The van der Waals surface area contributed by atoms with Crippen molar-refractivity contribution >= 4 is 27.5 Å². The quantitative estimate of drug-likeness (QED) is 0.704. The molecule has 16 heavy (non-hydrogen) atoms. The molecule has 0 aliphatic carbocycles. The summed E-state index contributed by atoms with van der Waals surface area (Å²) in [6.45, 7) is 6.39. The number of halogens is 2. The Labute approximate surface area is 111 Å². The van der Waals surface area contributed by atoms with Gasteiger partial charge in [0.05, 0.1) is 12.5 Å². The Morgan fingerprint density at radius 3 is 2.50 bits per heavy atom. The number of methoxy groups -OCH3 is 1. The molecule has 1 unspecified atom stereocenters. The molecule has 0 aliphatic rings. The number of hydrogen-bond acceptors (Lipinski definition) is 1. The minimum absolute atomic E-state index is 0.00634. The fourth-order valence-electron chi connectivity index (χ4n) is 1.63. The summed E-state index contributed by atoms with van der Waals surface area (Å²) < 4.78 is 6.46. The zero-order chi connectivity index (χ0) is 12.3. The number of ether oxygens (including phenoxy) is 1. The smallest absolute Gasteiger partial charge is 0.123 e. The van der Waals surface area contributed by atoms with Gasteiger partial charge < -0.3 is 4.74 Å². The number of aryl methyl sites for hydroxylation is 1. The van der Waals surface area contributed by atoms with Gasteiger partial charge in [-0.25, -0.2) is 0 Å². The van der Waals surface area contributed by atoms with E-state index in [1.165, 1.54) is 0 Å². The molecule has 0 aromatic heterocycles. The molecule has 1 aromatic rings. The van der Waals surface area contributed by atoms with E-state index in [-0.39, 0.29) is 5.38 Å². The maximum absolute atomic E-state index is 6.41. The predicted octanol–water partition coefficient (Wildman–Crippen LogP) is 5.09. The third-order valence-corrected chi connectivity index (χ3v) is 3.79. The first-order valence-electron chi connectivity index (χ1n) is 5.43. The van der Waals surface area contributed by atoms with Crippen molar-refractivity contribution in [2.45, 2.75) is 32.6 Å². The van der Waals surface area contributed by atoms with E-state index in [1.54, 1.807) is 7.11 Å². The average molecular weight is 306 g/mol. The zero-order valence-electron chi connectivity index (χ0n) is 10.2. The van der Waals surface area contributed by atoms with Crippen LogP contribution in [0.25, 0.3) is 0 Å². The van der Waals surface area contributed by atoms with Crippen LogP contribution in [-0.4, -0.2) is 7.11 Å². The van der Waals surface area contributed by atoms with Gasteiger partial charge in [-0.3, -0.25) is 0 Å². The minimum atomic E-state index is 0.00634. The van der Waals surface area contributed by atoms with Gasteiger partial charge in [0.2, 0.25) is 0 Å². The first-order valence-corrected chi connectivity index (χ1v) is 6.66. The Hall–Kier alpha value is -0.210. The summed E-state index contributed by atoms with van der Waals surface area (Å²) in [6, 6.07) is 4.09.